The largest absolute Gasteiger partial charge is 0.493 e. The number of nitrogens with zero attached hydrogens (tertiary/aromatic N) is 4. The lowest BCUT2D eigenvalue weighted by molar-refractivity contribution is 0.434. The normalized spacial score (nSPS) is 11.2. The molecule has 0 saturated carbocycles. The summed E-state index contributed by atoms with van der Waals surface area (Å²) in [7, 11) is 0. The predicted octanol–water partition coefficient (Wildman–Crippen LogP) is 4.98. The van der Waals surface area contributed by atoms with Crippen molar-refractivity contribution in [3.05, 3.63) is 81.8 Å². The second-order valence-corrected chi connectivity index (χ2v) is 8.09. The van der Waals surface area contributed by atoms with Crippen LogP contribution in [0.1, 0.15) is 28.2 Å². The van der Waals surface area contributed by atoms with Gasteiger partial charge in [0.25, 0.3) is 5.78 Å². The maximum absolute atomic E-state index is 10.4. The van der Waals surface area contributed by atoms with Crippen molar-refractivity contribution in [3.63, 3.8) is 0 Å². The van der Waals surface area contributed by atoms with Crippen LogP contribution < -0.4 is 0 Å². The lowest BCUT2D eigenvalue weighted by Crippen LogP contribution is -1.96. The molecule has 2 aromatic carbocycles. The average molecular weight is 411 g/mol. The van der Waals surface area contributed by atoms with E-state index in [-0.39, 0.29) is 5.88 Å². The van der Waals surface area contributed by atoms with Crippen molar-refractivity contribution in [2.24, 2.45) is 0 Å². The van der Waals surface area contributed by atoms with E-state index in [1.54, 1.807) is 17.8 Å². The number of rotatable bonds is 5. The Morgan fingerprint density at radius 2 is 1.82 bits per heavy atom. The minimum atomic E-state index is 0.0384. The molecule has 0 bridgehead atoms. The summed E-state index contributed by atoms with van der Waals surface area (Å²) in [6, 6.07) is 15.7. The number of halogens is 1. The van der Waals surface area contributed by atoms with E-state index in [1.165, 1.54) is 4.52 Å². The van der Waals surface area contributed by atoms with Gasteiger partial charge in [-0.1, -0.05) is 41.9 Å². The molecule has 2 heterocycles. The maximum atomic E-state index is 10.4. The number of benzene rings is 2. The first-order valence-electron chi connectivity index (χ1n) is 8.87. The standard InChI is InChI=1S/C21H19ClN4OS/c1-13-9-18(14(2)8-17(13)22)28-12-16-11-20(27)26-21(23-16)24-19(25-26)10-15-6-4-3-5-7-15/h3-9,11,27H,10,12H2,1-2H3. The molecular weight excluding hydrogens is 392 g/mol. The van der Waals surface area contributed by atoms with Crippen LogP contribution in [-0.4, -0.2) is 24.7 Å². The molecular formula is C21H19ClN4OS. The topological polar surface area (TPSA) is 63.3 Å². The van der Waals surface area contributed by atoms with Crippen LogP contribution in [0, 0.1) is 13.8 Å². The number of hydrogen-bond acceptors (Lipinski definition) is 5. The molecule has 0 saturated heterocycles. The van der Waals surface area contributed by atoms with E-state index in [1.807, 2.05) is 50.2 Å². The highest BCUT2D eigenvalue weighted by atomic mass is 35.5. The van der Waals surface area contributed by atoms with Crippen molar-refractivity contribution in [1.29, 1.82) is 0 Å². The zero-order chi connectivity index (χ0) is 19.7. The molecule has 0 spiro atoms. The lowest BCUT2D eigenvalue weighted by atomic mass is 10.1. The van der Waals surface area contributed by atoms with Gasteiger partial charge in [-0.25, -0.2) is 4.98 Å². The first-order valence-corrected chi connectivity index (χ1v) is 10.2. The van der Waals surface area contributed by atoms with Gasteiger partial charge in [-0.2, -0.15) is 9.50 Å². The Labute approximate surface area is 172 Å². The Bertz CT molecular complexity index is 1140. The molecule has 7 heteroatoms. The first-order chi connectivity index (χ1) is 13.5. The Balaban J connectivity index is 1.56. The van der Waals surface area contributed by atoms with E-state index in [0.717, 1.165) is 32.3 Å². The second-order valence-electron chi connectivity index (χ2n) is 6.66. The van der Waals surface area contributed by atoms with Gasteiger partial charge in [0.2, 0.25) is 5.88 Å². The fourth-order valence-corrected chi connectivity index (χ4v) is 4.15. The molecule has 1 N–H and O–H groups in total. The lowest BCUT2D eigenvalue weighted by Gasteiger charge is -2.08. The summed E-state index contributed by atoms with van der Waals surface area (Å²) in [5, 5.41) is 15.5. The summed E-state index contributed by atoms with van der Waals surface area (Å²) in [6.45, 7) is 4.03. The van der Waals surface area contributed by atoms with Crippen LogP contribution >= 0.6 is 23.4 Å². The van der Waals surface area contributed by atoms with Crippen LogP contribution in [0.25, 0.3) is 5.78 Å². The van der Waals surface area contributed by atoms with Gasteiger partial charge in [-0.05, 0) is 42.7 Å². The predicted molar refractivity (Wildman–Crippen MR) is 112 cm³/mol. The van der Waals surface area contributed by atoms with Crippen molar-refractivity contribution in [2.45, 2.75) is 30.9 Å². The van der Waals surface area contributed by atoms with Gasteiger partial charge >= 0.3 is 0 Å². The van der Waals surface area contributed by atoms with E-state index in [2.05, 4.69) is 21.1 Å². The Hall–Kier alpha value is -2.57. The SMILES string of the molecule is Cc1cc(SCc2cc(O)n3nc(Cc4ccccc4)nc3n2)c(C)cc1Cl. The van der Waals surface area contributed by atoms with E-state index in [4.69, 9.17) is 11.6 Å². The zero-order valence-corrected chi connectivity index (χ0v) is 17.1. The van der Waals surface area contributed by atoms with Crippen molar-refractivity contribution in [1.82, 2.24) is 19.6 Å². The van der Waals surface area contributed by atoms with Gasteiger partial charge in [-0.15, -0.1) is 16.9 Å². The van der Waals surface area contributed by atoms with Gasteiger partial charge in [0.05, 0.1) is 5.69 Å². The monoisotopic (exact) mass is 410 g/mol. The molecule has 4 aromatic rings. The molecule has 0 radical (unpaired) electrons. The third-order valence-corrected chi connectivity index (χ3v) is 6.03. The summed E-state index contributed by atoms with van der Waals surface area (Å²) < 4.78 is 1.38. The molecule has 0 atom stereocenters. The molecule has 142 valence electrons. The van der Waals surface area contributed by atoms with Crippen molar-refractivity contribution in [2.75, 3.05) is 0 Å². The number of aromatic hydroxyl groups is 1. The highest BCUT2D eigenvalue weighted by molar-refractivity contribution is 7.98. The second kappa shape index (κ2) is 7.81. The molecule has 0 unspecified atom stereocenters. The van der Waals surface area contributed by atoms with Crippen molar-refractivity contribution in [3.8, 4) is 5.88 Å². The Kier molecular flexibility index (Phi) is 5.24. The fourth-order valence-electron chi connectivity index (χ4n) is 2.93. The molecule has 5 nitrogen and oxygen atoms in total. The molecule has 0 aliphatic carbocycles. The average Bonchev–Trinajstić information content (AvgIpc) is 3.07. The number of hydrogen-bond donors (Lipinski definition) is 1. The summed E-state index contributed by atoms with van der Waals surface area (Å²) in [5.74, 6) is 1.69. The van der Waals surface area contributed by atoms with E-state index in [0.29, 0.717) is 23.8 Å². The fraction of sp³-hybridized carbons (Fsp3) is 0.190. The number of fused-ring (bicyclic) bond motifs is 1. The quantitative estimate of drug-likeness (QED) is 0.470. The summed E-state index contributed by atoms with van der Waals surface area (Å²) in [6.07, 6.45) is 0.594. The van der Waals surface area contributed by atoms with E-state index < -0.39 is 0 Å². The number of aromatic nitrogens is 4. The van der Waals surface area contributed by atoms with Gasteiger partial charge < -0.3 is 5.11 Å². The molecule has 4 rings (SSSR count). The summed E-state index contributed by atoms with van der Waals surface area (Å²) >= 11 is 7.84. The van der Waals surface area contributed by atoms with Crippen LogP contribution in [-0.2, 0) is 12.2 Å². The van der Waals surface area contributed by atoms with E-state index in [9.17, 15) is 5.11 Å². The highest BCUT2D eigenvalue weighted by Crippen LogP contribution is 2.30. The van der Waals surface area contributed by atoms with Gasteiger partial charge in [0.1, 0.15) is 0 Å². The van der Waals surface area contributed by atoms with Gasteiger partial charge in [0.15, 0.2) is 5.82 Å². The zero-order valence-electron chi connectivity index (χ0n) is 15.6. The van der Waals surface area contributed by atoms with Crippen LogP contribution in [0.2, 0.25) is 5.02 Å². The molecule has 0 amide bonds. The maximum Gasteiger partial charge on any atom is 0.255 e. The van der Waals surface area contributed by atoms with E-state index >= 15 is 0 Å². The molecule has 0 fully saturated rings. The van der Waals surface area contributed by atoms with Crippen molar-refractivity contribution < 1.29 is 5.11 Å². The van der Waals surface area contributed by atoms with Gasteiger partial charge in [-0.3, -0.25) is 0 Å². The molecule has 2 aromatic heterocycles. The van der Waals surface area contributed by atoms with Gasteiger partial charge in [0, 0.05) is 28.2 Å². The van der Waals surface area contributed by atoms with Crippen LogP contribution in [0.15, 0.2) is 53.4 Å². The molecule has 0 aliphatic heterocycles. The summed E-state index contributed by atoms with van der Waals surface area (Å²) in [5.41, 5.74) is 4.03. The minimum Gasteiger partial charge on any atom is -0.493 e. The van der Waals surface area contributed by atoms with Crippen LogP contribution in [0.4, 0.5) is 0 Å². The summed E-state index contributed by atoms with van der Waals surface area (Å²) in [4.78, 5) is 10.2. The number of thioether (sulfide) groups is 1. The third kappa shape index (κ3) is 3.98. The minimum absolute atomic E-state index is 0.0384. The molecule has 28 heavy (non-hydrogen) atoms. The van der Waals surface area contributed by atoms with Crippen molar-refractivity contribution >= 4 is 29.1 Å². The highest BCUT2D eigenvalue weighted by Gasteiger charge is 2.12. The third-order valence-electron chi connectivity index (χ3n) is 4.43. The Morgan fingerprint density at radius 1 is 1.04 bits per heavy atom. The number of aryl methyl sites for hydroxylation is 2. The molecule has 0 aliphatic rings. The first kappa shape index (κ1) is 18.8. The Morgan fingerprint density at radius 3 is 2.61 bits per heavy atom. The van der Waals surface area contributed by atoms with Crippen LogP contribution in [0.3, 0.4) is 0 Å². The van der Waals surface area contributed by atoms with Crippen LogP contribution in [0.5, 0.6) is 5.88 Å². The smallest absolute Gasteiger partial charge is 0.255 e.